The van der Waals surface area contributed by atoms with Crippen LogP contribution in [-0.2, 0) is 11.3 Å². The van der Waals surface area contributed by atoms with Crippen molar-refractivity contribution >= 4 is 29.0 Å². The molecule has 1 fully saturated rings. The number of amides is 2. The van der Waals surface area contributed by atoms with Gasteiger partial charge >= 0.3 is 0 Å². The van der Waals surface area contributed by atoms with Crippen molar-refractivity contribution in [1.82, 2.24) is 4.90 Å². The summed E-state index contributed by atoms with van der Waals surface area (Å²) in [6, 6.07) is 13.1. The van der Waals surface area contributed by atoms with Gasteiger partial charge in [-0.15, -0.1) is 0 Å². The number of imide groups is 1. The van der Waals surface area contributed by atoms with Gasteiger partial charge < -0.3 is 4.74 Å². The SMILES string of the molecule is CCOc1ccccc1C=C1SC(=O)N(Cc2ccc(F)cc2)C1=O. The average Bonchev–Trinajstić information content (AvgIpc) is 2.86. The van der Waals surface area contributed by atoms with Gasteiger partial charge in [-0.05, 0) is 48.5 Å². The Labute approximate surface area is 149 Å². The maximum atomic E-state index is 13.0. The van der Waals surface area contributed by atoms with Crippen molar-refractivity contribution in [2.45, 2.75) is 13.5 Å². The number of ether oxygens (including phenoxy) is 1. The van der Waals surface area contributed by atoms with E-state index in [1.807, 2.05) is 31.2 Å². The normalized spacial score (nSPS) is 15.9. The molecule has 3 rings (SSSR count). The molecular formula is C19H16FNO3S. The predicted octanol–water partition coefficient (Wildman–Crippen LogP) is 4.46. The number of nitrogens with zero attached hydrogens (tertiary/aromatic N) is 1. The highest BCUT2D eigenvalue weighted by Gasteiger charge is 2.35. The molecule has 1 saturated heterocycles. The Morgan fingerprint density at radius 2 is 1.84 bits per heavy atom. The fourth-order valence-corrected chi connectivity index (χ4v) is 3.27. The topological polar surface area (TPSA) is 46.6 Å². The lowest BCUT2D eigenvalue weighted by atomic mass is 10.1. The highest BCUT2D eigenvalue weighted by Crippen LogP contribution is 2.34. The van der Waals surface area contributed by atoms with E-state index < -0.39 is 0 Å². The Bertz CT molecular complexity index is 833. The van der Waals surface area contributed by atoms with Crippen LogP contribution < -0.4 is 4.74 Å². The Kier molecular flexibility index (Phi) is 5.19. The molecule has 0 radical (unpaired) electrons. The van der Waals surface area contributed by atoms with Gasteiger partial charge in [-0.2, -0.15) is 0 Å². The minimum atomic E-state index is -0.356. The van der Waals surface area contributed by atoms with Crippen LogP contribution in [0, 0.1) is 5.82 Å². The third-order valence-electron chi connectivity index (χ3n) is 3.63. The lowest BCUT2D eigenvalue weighted by Crippen LogP contribution is -2.27. The number of benzene rings is 2. The van der Waals surface area contributed by atoms with Gasteiger partial charge in [-0.25, -0.2) is 4.39 Å². The average molecular weight is 357 g/mol. The Morgan fingerprint density at radius 3 is 2.56 bits per heavy atom. The van der Waals surface area contributed by atoms with E-state index in [1.165, 1.54) is 12.1 Å². The van der Waals surface area contributed by atoms with Crippen LogP contribution in [0.25, 0.3) is 6.08 Å². The number of hydrogen-bond acceptors (Lipinski definition) is 4. The summed E-state index contributed by atoms with van der Waals surface area (Å²) in [5.41, 5.74) is 1.44. The Morgan fingerprint density at radius 1 is 1.12 bits per heavy atom. The van der Waals surface area contributed by atoms with Gasteiger partial charge in [0.05, 0.1) is 18.1 Å². The third kappa shape index (κ3) is 3.91. The molecule has 0 atom stereocenters. The van der Waals surface area contributed by atoms with Crippen molar-refractivity contribution in [1.29, 1.82) is 0 Å². The zero-order valence-corrected chi connectivity index (χ0v) is 14.4. The summed E-state index contributed by atoms with van der Waals surface area (Å²) in [6.07, 6.45) is 1.67. The quantitative estimate of drug-likeness (QED) is 0.741. The molecule has 1 aliphatic heterocycles. The van der Waals surface area contributed by atoms with Gasteiger partial charge in [0.15, 0.2) is 0 Å². The summed E-state index contributed by atoms with van der Waals surface area (Å²) in [5, 5.41) is -0.338. The fourth-order valence-electron chi connectivity index (χ4n) is 2.44. The lowest BCUT2D eigenvalue weighted by Gasteiger charge is -2.12. The molecule has 2 aromatic carbocycles. The van der Waals surface area contributed by atoms with Crippen LogP contribution in [0.2, 0.25) is 0 Å². The van der Waals surface area contributed by atoms with E-state index >= 15 is 0 Å². The largest absolute Gasteiger partial charge is 0.493 e. The number of carbonyl (C=O) groups excluding carboxylic acids is 2. The molecule has 1 heterocycles. The number of hydrogen-bond donors (Lipinski definition) is 0. The monoisotopic (exact) mass is 357 g/mol. The van der Waals surface area contributed by atoms with E-state index in [1.54, 1.807) is 18.2 Å². The number of halogens is 1. The summed E-state index contributed by atoms with van der Waals surface area (Å²) >= 11 is 0.895. The third-order valence-corrected chi connectivity index (χ3v) is 4.54. The van der Waals surface area contributed by atoms with Crippen LogP contribution in [0.1, 0.15) is 18.1 Å². The summed E-state index contributed by atoms with van der Waals surface area (Å²) < 4.78 is 18.5. The standard InChI is InChI=1S/C19H16FNO3S/c1-2-24-16-6-4-3-5-14(16)11-17-18(22)21(19(23)25-17)12-13-7-9-15(20)10-8-13/h3-11H,2,12H2,1H3. The molecule has 0 N–H and O–H groups in total. The molecule has 2 aromatic rings. The summed E-state index contributed by atoms with van der Waals surface area (Å²) in [5.74, 6) is -0.0497. The molecule has 0 bridgehead atoms. The minimum absolute atomic E-state index is 0.120. The van der Waals surface area contributed by atoms with Crippen LogP contribution >= 0.6 is 11.8 Å². The van der Waals surface area contributed by atoms with Crippen LogP contribution in [0.15, 0.2) is 53.4 Å². The van der Waals surface area contributed by atoms with Gasteiger partial charge in [0, 0.05) is 5.56 Å². The first-order valence-electron chi connectivity index (χ1n) is 7.80. The van der Waals surface area contributed by atoms with Crippen molar-refractivity contribution in [3.8, 4) is 5.75 Å². The molecular weight excluding hydrogens is 341 g/mol. The molecule has 6 heteroatoms. The van der Waals surface area contributed by atoms with Gasteiger partial charge in [0.25, 0.3) is 11.1 Å². The fraction of sp³-hybridized carbons (Fsp3) is 0.158. The van der Waals surface area contributed by atoms with Crippen molar-refractivity contribution in [3.05, 3.63) is 70.4 Å². The van der Waals surface area contributed by atoms with Gasteiger partial charge in [0.2, 0.25) is 0 Å². The first-order valence-corrected chi connectivity index (χ1v) is 8.61. The van der Waals surface area contributed by atoms with Gasteiger partial charge in [-0.1, -0.05) is 30.3 Å². The molecule has 0 aromatic heterocycles. The van der Waals surface area contributed by atoms with Crippen LogP contribution in [-0.4, -0.2) is 22.7 Å². The van der Waals surface area contributed by atoms with E-state index in [0.29, 0.717) is 22.8 Å². The van der Waals surface area contributed by atoms with Crippen molar-refractivity contribution < 1.29 is 18.7 Å². The summed E-state index contributed by atoms with van der Waals surface area (Å²) in [4.78, 5) is 26.3. The highest BCUT2D eigenvalue weighted by atomic mass is 32.2. The molecule has 1 aliphatic rings. The van der Waals surface area contributed by atoms with Gasteiger partial charge in [-0.3, -0.25) is 14.5 Å². The molecule has 4 nitrogen and oxygen atoms in total. The molecule has 0 unspecified atom stereocenters. The number of carbonyl (C=O) groups is 2. The lowest BCUT2D eigenvalue weighted by molar-refractivity contribution is -0.123. The second kappa shape index (κ2) is 7.53. The van der Waals surface area contributed by atoms with E-state index in [2.05, 4.69) is 0 Å². The number of rotatable bonds is 5. The maximum Gasteiger partial charge on any atom is 0.293 e. The second-order valence-electron chi connectivity index (χ2n) is 5.37. The molecule has 0 saturated carbocycles. The second-order valence-corrected chi connectivity index (χ2v) is 6.36. The number of thioether (sulfide) groups is 1. The zero-order chi connectivity index (χ0) is 17.8. The zero-order valence-electron chi connectivity index (χ0n) is 13.6. The van der Waals surface area contributed by atoms with E-state index in [-0.39, 0.29) is 23.5 Å². The van der Waals surface area contributed by atoms with Gasteiger partial charge in [0.1, 0.15) is 11.6 Å². The highest BCUT2D eigenvalue weighted by molar-refractivity contribution is 8.18. The number of para-hydroxylation sites is 1. The summed E-state index contributed by atoms with van der Waals surface area (Å²) in [7, 11) is 0. The van der Waals surface area contributed by atoms with E-state index in [4.69, 9.17) is 4.74 Å². The first-order chi connectivity index (χ1) is 12.1. The van der Waals surface area contributed by atoms with Crippen molar-refractivity contribution in [2.24, 2.45) is 0 Å². The molecule has 128 valence electrons. The van der Waals surface area contributed by atoms with Crippen LogP contribution in [0.5, 0.6) is 5.75 Å². The van der Waals surface area contributed by atoms with Crippen molar-refractivity contribution in [3.63, 3.8) is 0 Å². The van der Waals surface area contributed by atoms with Crippen molar-refractivity contribution in [2.75, 3.05) is 6.61 Å². The molecule has 2 amide bonds. The van der Waals surface area contributed by atoms with E-state index in [0.717, 1.165) is 22.2 Å². The predicted molar refractivity (Wildman–Crippen MR) is 95.5 cm³/mol. The minimum Gasteiger partial charge on any atom is -0.493 e. The smallest absolute Gasteiger partial charge is 0.293 e. The molecule has 25 heavy (non-hydrogen) atoms. The molecule has 0 aliphatic carbocycles. The first kappa shape index (κ1) is 17.2. The summed E-state index contributed by atoms with van der Waals surface area (Å²) in [6.45, 7) is 2.51. The maximum absolute atomic E-state index is 13.0. The Hall–Kier alpha value is -2.60. The molecule has 0 spiro atoms. The Balaban J connectivity index is 1.82. The van der Waals surface area contributed by atoms with Crippen LogP contribution in [0.4, 0.5) is 9.18 Å². The van der Waals surface area contributed by atoms with E-state index in [9.17, 15) is 14.0 Å². The van der Waals surface area contributed by atoms with Crippen LogP contribution in [0.3, 0.4) is 0 Å².